The summed E-state index contributed by atoms with van der Waals surface area (Å²) in [4.78, 5) is 16.3. The highest BCUT2D eigenvalue weighted by Crippen LogP contribution is 2.21. The van der Waals surface area contributed by atoms with Gasteiger partial charge >= 0.3 is 0 Å². The predicted octanol–water partition coefficient (Wildman–Crippen LogP) is 2.29. The average Bonchev–Trinajstić information content (AvgIpc) is 2.96. The van der Waals surface area contributed by atoms with Crippen LogP contribution in [0.1, 0.15) is 25.7 Å². The highest BCUT2D eigenvalue weighted by Gasteiger charge is 2.31. The van der Waals surface area contributed by atoms with Crippen LogP contribution >= 0.6 is 0 Å². The van der Waals surface area contributed by atoms with E-state index in [-0.39, 0.29) is 5.82 Å². The van der Waals surface area contributed by atoms with E-state index in [0.717, 1.165) is 45.4 Å². The third-order valence-corrected chi connectivity index (χ3v) is 4.52. The second-order valence-electron chi connectivity index (χ2n) is 6.09. The van der Waals surface area contributed by atoms with E-state index >= 15 is 0 Å². The lowest BCUT2D eigenvalue weighted by molar-refractivity contribution is -0.130. The average molecular weight is 306 g/mol. The molecule has 2 fully saturated rings. The Morgan fingerprint density at radius 3 is 2.73 bits per heavy atom. The Bertz CT molecular complexity index is 506. The molecule has 1 atom stereocenters. The van der Waals surface area contributed by atoms with Gasteiger partial charge in [-0.05, 0) is 50.1 Å². The first-order valence-electron chi connectivity index (χ1n) is 8.12. The van der Waals surface area contributed by atoms with Gasteiger partial charge in [0.1, 0.15) is 18.2 Å². The van der Waals surface area contributed by atoms with Gasteiger partial charge in [0.2, 0.25) is 5.91 Å². The fourth-order valence-electron chi connectivity index (χ4n) is 3.37. The molecule has 0 spiro atoms. The zero-order valence-electron chi connectivity index (χ0n) is 12.8. The van der Waals surface area contributed by atoms with E-state index in [2.05, 4.69) is 9.80 Å². The van der Waals surface area contributed by atoms with E-state index in [1.165, 1.54) is 12.1 Å². The summed E-state index contributed by atoms with van der Waals surface area (Å²) < 4.78 is 18.5. The molecular weight excluding hydrogens is 283 g/mol. The Kier molecular flexibility index (Phi) is 4.93. The number of carbonyl (C=O) groups excluding carboxylic acids is 1. The number of hydrogen-bond acceptors (Lipinski definition) is 3. The molecule has 0 bridgehead atoms. The van der Waals surface area contributed by atoms with E-state index in [4.69, 9.17) is 4.74 Å². The molecule has 0 N–H and O–H groups in total. The van der Waals surface area contributed by atoms with E-state index in [0.29, 0.717) is 30.7 Å². The van der Waals surface area contributed by atoms with Crippen molar-refractivity contribution in [3.05, 3.63) is 30.1 Å². The fourth-order valence-corrected chi connectivity index (χ4v) is 3.37. The lowest BCUT2D eigenvalue weighted by Crippen LogP contribution is -2.49. The minimum Gasteiger partial charge on any atom is -0.492 e. The maximum atomic E-state index is 12.8. The van der Waals surface area contributed by atoms with E-state index in [1.54, 1.807) is 12.1 Å². The van der Waals surface area contributed by atoms with Gasteiger partial charge in [0.05, 0.1) is 0 Å². The molecule has 3 rings (SSSR count). The molecule has 0 saturated carbocycles. The number of rotatable bonds is 5. The van der Waals surface area contributed by atoms with Crippen LogP contribution in [-0.4, -0.2) is 54.5 Å². The van der Waals surface area contributed by atoms with Gasteiger partial charge in [-0.1, -0.05) is 0 Å². The second kappa shape index (κ2) is 7.09. The topological polar surface area (TPSA) is 32.8 Å². The first-order valence-corrected chi connectivity index (χ1v) is 8.12. The molecule has 1 aromatic carbocycles. The van der Waals surface area contributed by atoms with Crippen molar-refractivity contribution in [2.75, 3.05) is 32.8 Å². The van der Waals surface area contributed by atoms with Crippen LogP contribution < -0.4 is 4.74 Å². The van der Waals surface area contributed by atoms with Gasteiger partial charge in [-0.25, -0.2) is 4.39 Å². The van der Waals surface area contributed by atoms with Gasteiger partial charge in [0, 0.05) is 32.1 Å². The maximum Gasteiger partial charge on any atom is 0.222 e. The number of nitrogens with zero attached hydrogens (tertiary/aromatic N) is 2. The summed E-state index contributed by atoms with van der Waals surface area (Å²) in [5.41, 5.74) is 0. The summed E-state index contributed by atoms with van der Waals surface area (Å²) >= 11 is 0. The summed E-state index contributed by atoms with van der Waals surface area (Å²) in [7, 11) is 0. The maximum absolute atomic E-state index is 12.8. The van der Waals surface area contributed by atoms with Crippen molar-refractivity contribution in [1.29, 1.82) is 0 Å². The molecule has 0 aromatic heterocycles. The Balaban J connectivity index is 1.44. The largest absolute Gasteiger partial charge is 0.492 e. The Hall–Kier alpha value is -1.62. The zero-order chi connectivity index (χ0) is 15.4. The van der Waals surface area contributed by atoms with Crippen LogP contribution in [0, 0.1) is 5.82 Å². The van der Waals surface area contributed by atoms with Crippen molar-refractivity contribution in [1.82, 2.24) is 9.80 Å². The molecule has 2 aliphatic rings. The molecule has 2 saturated heterocycles. The van der Waals surface area contributed by atoms with Crippen molar-refractivity contribution in [2.24, 2.45) is 0 Å². The van der Waals surface area contributed by atoms with Gasteiger partial charge < -0.3 is 9.64 Å². The standard InChI is InChI=1S/C17H23FN2O2/c18-14-5-7-16(8-6-14)22-12-11-19-9-1-3-15(13-19)20-10-2-4-17(20)21/h5-8,15H,1-4,9-13H2/t15-/m0/s1. The molecule has 2 heterocycles. The third kappa shape index (κ3) is 3.77. The highest BCUT2D eigenvalue weighted by molar-refractivity contribution is 5.78. The SMILES string of the molecule is O=C1CCCN1[C@H]1CCCN(CCOc2ccc(F)cc2)C1. The summed E-state index contributed by atoms with van der Waals surface area (Å²) in [6, 6.07) is 6.49. The van der Waals surface area contributed by atoms with Gasteiger partial charge in [0.25, 0.3) is 0 Å². The Morgan fingerprint density at radius 1 is 1.18 bits per heavy atom. The summed E-state index contributed by atoms with van der Waals surface area (Å²) in [6.07, 6.45) is 3.96. The molecule has 5 heteroatoms. The molecule has 0 radical (unpaired) electrons. The van der Waals surface area contributed by atoms with E-state index < -0.39 is 0 Å². The normalized spacial score (nSPS) is 23.0. The van der Waals surface area contributed by atoms with Crippen molar-refractivity contribution in [3.63, 3.8) is 0 Å². The Morgan fingerprint density at radius 2 is 2.00 bits per heavy atom. The van der Waals surface area contributed by atoms with Crippen molar-refractivity contribution in [2.45, 2.75) is 31.7 Å². The molecule has 0 unspecified atom stereocenters. The minimum atomic E-state index is -0.249. The number of amides is 1. The predicted molar refractivity (Wildman–Crippen MR) is 82.3 cm³/mol. The van der Waals surface area contributed by atoms with E-state index in [9.17, 15) is 9.18 Å². The van der Waals surface area contributed by atoms with Gasteiger partial charge in [-0.2, -0.15) is 0 Å². The van der Waals surface area contributed by atoms with Gasteiger partial charge in [0.15, 0.2) is 0 Å². The second-order valence-corrected chi connectivity index (χ2v) is 6.09. The number of ether oxygens (including phenoxy) is 1. The molecular formula is C17H23FN2O2. The van der Waals surface area contributed by atoms with Crippen molar-refractivity contribution >= 4 is 5.91 Å². The van der Waals surface area contributed by atoms with Gasteiger partial charge in [-0.3, -0.25) is 9.69 Å². The van der Waals surface area contributed by atoms with Crippen LogP contribution in [0.3, 0.4) is 0 Å². The van der Waals surface area contributed by atoms with Crippen molar-refractivity contribution < 1.29 is 13.9 Å². The number of hydrogen-bond donors (Lipinski definition) is 0. The highest BCUT2D eigenvalue weighted by atomic mass is 19.1. The quantitative estimate of drug-likeness (QED) is 0.837. The first-order chi connectivity index (χ1) is 10.7. The zero-order valence-corrected chi connectivity index (χ0v) is 12.8. The molecule has 2 aliphatic heterocycles. The minimum absolute atomic E-state index is 0.249. The van der Waals surface area contributed by atoms with Crippen LogP contribution in [0.15, 0.2) is 24.3 Å². The van der Waals surface area contributed by atoms with Crippen LogP contribution in [0.4, 0.5) is 4.39 Å². The number of carbonyl (C=O) groups is 1. The number of benzene rings is 1. The number of piperidine rings is 1. The van der Waals surface area contributed by atoms with Crippen molar-refractivity contribution in [3.8, 4) is 5.75 Å². The molecule has 22 heavy (non-hydrogen) atoms. The molecule has 1 aromatic rings. The molecule has 120 valence electrons. The molecule has 0 aliphatic carbocycles. The number of halogens is 1. The first kappa shape index (κ1) is 15.3. The molecule has 4 nitrogen and oxygen atoms in total. The smallest absolute Gasteiger partial charge is 0.222 e. The third-order valence-electron chi connectivity index (χ3n) is 4.52. The summed E-state index contributed by atoms with van der Waals surface area (Å²) in [5.74, 6) is 0.764. The Labute approximate surface area is 130 Å². The lowest BCUT2D eigenvalue weighted by atomic mass is 10.0. The van der Waals surface area contributed by atoms with Gasteiger partial charge in [-0.15, -0.1) is 0 Å². The van der Waals surface area contributed by atoms with E-state index in [1.807, 2.05) is 0 Å². The summed E-state index contributed by atoms with van der Waals surface area (Å²) in [5, 5.41) is 0. The van der Waals surface area contributed by atoms with Crippen LogP contribution in [0.25, 0.3) is 0 Å². The summed E-state index contributed by atoms with van der Waals surface area (Å²) in [6.45, 7) is 4.36. The monoisotopic (exact) mass is 306 g/mol. The number of likely N-dealkylation sites (tertiary alicyclic amines) is 2. The van der Waals surface area contributed by atoms with Crippen LogP contribution in [0.5, 0.6) is 5.75 Å². The fraction of sp³-hybridized carbons (Fsp3) is 0.588. The lowest BCUT2D eigenvalue weighted by Gasteiger charge is -2.37. The molecule has 1 amide bonds. The van der Waals surface area contributed by atoms with Crippen LogP contribution in [-0.2, 0) is 4.79 Å². The van der Waals surface area contributed by atoms with Crippen LogP contribution in [0.2, 0.25) is 0 Å².